The normalized spacial score (nSPS) is 20.3. The van der Waals surface area contributed by atoms with Crippen molar-refractivity contribution in [1.29, 1.82) is 0 Å². The molecule has 1 N–H and O–H groups in total. The zero-order valence-electron chi connectivity index (χ0n) is 23.2. The number of carbonyl (C=O) groups excluding carboxylic acids is 1. The van der Waals surface area contributed by atoms with Gasteiger partial charge in [-0.3, -0.25) is 4.31 Å². The Balaban J connectivity index is 1.73. The van der Waals surface area contributed by atoms with Gasteiger partial charge < -0.3 is 24.3 Å². The number of anilines is 2. The minimum Gasteiger partial charge on any atom is -0.530 e. The highest BCUT2D eigenvalue weighted by atomic mass is 32.2. The molecule has 2 heterocycles. The fraction of sp³-hybridized carbons (Fsp3) is 0.480. The first-order valence-electron chi connectivity index (χ1n) is 12.9. The molecule has 238 valence electrons. The smallest absolute Gasteiger partial charge is 0.411 e. The molecule has 2 aromatic carbocycles. The maximum absolute atomic E-state index is 13.8. The predicted molar refractivity (Wildman–Crippen MR) is 144 cm³/mol. The second kappa shape index (κ2) is 11.7. The second-order valence-corrected chi connectivity index (χ2v) is 14.1. The van der Waals surface area contributed by atoms with E-state index >= 15 is 0 Å². The summed E-state index contributed by atoms with van der Waals surface area (Å²) in [7, 11) is -8.59. The minimum absolute atomic E-state index is 0.0560. The van der Waals surface area contributed by atoms with E-state index in [1.54, 1.807) is 6.92 Å². The topological polar surface area (TPSA) is 149 Å². The molecule has 0 aliphatic carbocycles. The van der Waals surface area contributed by atoms with Gasteiger partial charge in [0.25, 0.3) is 20.2 Å². The van der Waals surface area contributed by atoms with E-state index in [0.717, 1.165) is 51.1 Å². The number of morpholine rings is 1. The number of carbonyl (C=O) groups is 1. The van der Waals surface area contributed by atoms with Gasteiger partial charge in [0.1, 0.15) is 29.3 Å². The number of alkyl halides is 3. The first-order valence-corrected chi connectivity index (χ1v) is 15.8. The average Bonchev–Trinajstić information content (AvgIpc) is 2.91. The Hall–Kier alpha value is -3.19. The fourth-order valence-corrected chi connectivity index (χ4v) is 7.38. The number of rotatable bonds is 8. The summed E-state index contributed by atoms with van der Waals surface area (Å²) < 4.78 is 124. The standard InChI is InChI=1S/C25H30F4N4O8S2/c1-16-14-31(10-11-40-16)43(38,39)30-13-19-15-32(42(36,37)20-7-4-17(26)5-8-20)21-12-18(6-9-22(21)41-19)33(23(34)35)24(2,3)25(27,28)29/h4-9,12,16,19,30H,10-11,13-15H2,1-3H3,(H,34,35)/p-1/t16?,19-/m0/s1. The van der Waals surface area contributed by atoms with E-state index in [1.165, 1.54) is 0 Å². The summed E-state index contributed by atoms with van der Waals surface area (Å²) in [6, 6.07) is 6.67. The van der Waals surface area contributed by atoms with E-state index in [1.807, 2.05) is 0 Å². The molecule has 2 aromatic rings. The third-order valence-corrected chi connectivity index (χ3v) is 10.3. The van der Waals surface area contributed by atoms with Crippen LogP contribution in [0.25, 0.3) is 0 Å². The predicted octanol–water partition coefficient (Wildman–Crippen LogP) is 1.83. The number of amides is 1. The van der Waals surface area contributed by atoms with Crippen molar-refractivity contribution in [2.75, 3.05) is 42.0 Å². The lowest BCUT2D eigenvalue weighted by Crippen LogP contribution is -2.60. The molecule has 1 saturated heterocycles. The van der Waals surface area contributed by atoms with Crippen LogP contribution in [-0.2, 0) is 25.0 Å². The molecule has 2 aliphatic rings. The Kier molecular flexibility index (Phi) is 8.92. The summed E-state index contributed by atoms with van der Waals surface area (Å²) >= 11 is 0. The van der Waals surface area contributed by atoms with Crippen molar-refractivity contribution >= 4 is 37.7 Å². The van der Waals surface area contributed by atoms with Crippen LogP contribution in [-0.4, -0.2) is 83.9 Å². The highest BCUT2D eigenvalue weighted by molar-refractivity contribution is 7.92. The molecule has 0 saturated carbocycles. The van der Waals surface area contributed by atoms with Crippen LogP contribution in [0.15, 0.2) is 47.4 Å². The lowest BCUT2D eigenvalue weighted by Gasteiger charge is -2.42. The molecule has 2 aliphatic heterocycles. The molecular formula is C25H29F4N4O8S2-. The van der Waals surface area contributed by atoms with Crippen LogP contribution in [0.2, 0.25) is 0 Å². The van der Waals surface area contributed by atoms with E-state index in [2.05, 4.69) is 4.72 Å². The lowest BCUT2D eigenvalue weighted by molar-refractivity contribution is -0.254. The molecule has 18 heteroatoms. The number of ether oxygens (including phenoxy) is 2. The Morgan fingerprint density at radius 3 is 2.33 bits per heavy atom. The highest BCUT2D eigenvalue weighted by Gasteiger charge is 2.52. The minimum atomic E-state index is -5.04. The van der Waals surface area contributed by atoms with E-state index in [0.29, 0.717) is 13.8 Å². The van der Waals surface area contributed by atoms with Gasteiger partial charge >= 0.3 is 6.18 Å². The van der Waals surface area contributed by atoms with E-state index < -0.39 is 68.7 Å². The summed E-state index contributed by atoms with van der Waals surface area (Å²) in [5.41, 5.74) is -3.87. The van der Waals surface area contributed by atoms with Gasteiger partial charge in [0, 0.05) is 18.8 Å². The van der Waals surface area contributed by atoms with Crippen molar-refractivity contribution in [3.05, 3.63) is 48.3 Å². The van der Waals surface area contributed by atoms with Gasteiger partial charge in [-0.1, -0.05) is 0 Å². The molecule has 1 fully saturated rings. The first kappa shape index (κ1) is 32.7. The molecule has 1 amide bonds. The number of carboxylic acid groups (broad SMARTS) is 1. The monoisotopic (exact) mass is 653 g/mol. The number of hydrogen-bond donors (Lipinski definition) is 1. The first-order chi connectivity index (χ1) is 19.8. The number of hydrogen-bond acceptors (Lipinski definition) is 8. The fourth-order valence-electron chi connectivity index (χ4n) is 4.58. The molecule has 0 aromatic heterocycles. The van der Waals surface area contributed by atoms with Gasteiger partial charge in [-0.2, -0.15) is 30.6 Å². The SMILES string of the molecule is CC1CN(S(=O)(=O)NC[C@H]2CN(S(=O)(=O)c3ccc(F)cc3)c3cc(N(C(=O)[O-])C(C)(C)C(F)(F)F)ccc3O2)CCO1. The van der Waals surface area contributed by atoms with Crippen LogP contribution < -0.4 is 23.8 Å². The molecule has 4 rings (SSSR count). The molecular weight excluding hydrogens is 624 g/mol. The van der Waals surface area contributed by atoms with Gasteiger partial charge in [-0.25, -0.2) is 12.8 Å². The summed E-state index contributed by atoms with van der Waals surface area (Å²) in [5.74, 6) is -0.916. The van der Waals surface area contributed by atoms with Crippen LogP contribution in [0.4, 0.5) is 33.7 Å². The van der Waals surface area contributed by atoms with Gasteiger partial charge in [0.2, 0.25) is 0 Å². The summed E-state index contributed by atoms with van der Waals surface area (Å²) in [5, 5.41) is 11.9. The number of nitrogens with one attached hydrogen (secondary N) is 1. The average molecular weight is 654 g/mol. The number of nitrogens with zero attached hydrogens (tertiary/aromatic N) is 3. The van der Waals surface area contributed by atoms with Crippen molar-refractivity contribution in [2.45, 2.75) is 49.6 Å². The van der Waals surface area contributed by atoms with Gasteiger partial charge in [0.15, 0.2) is 0 Å². The summed E-state index contributed by atoms with van der Waals surface area (Å²) in [6.45, 7) is 2.34. The summed E-state index contributed by atoms with van der Waals surface area (Å²) in [4.78, 5) is 11.5. The maximum Gasteiger partial charge on any atom is 0.411 e. The number of benzene rings is 2. The number of halogens is 4. The van der Waals surface area contributed by atoms with Gasteiger partial charge in [-0.05, 0) is 63.2 Å². The number of sulfonamides is 1. The van der Waals surface area contributed by atoms with Crippen LogP contribution in [0.1, 0.15) is 20.8 Å². The zero-order chi connectivity index (χ0) is 32.0. The molecule has 43 heavy (non-hydrogen) atoms. The Labute approximate surface area is 246 Å². The van der Waals surface area contributed by atoms with Crippen molar-refractivity contribution in [3.63, 3.8) is 0 Å². The second-order valence-electron chi connectivity index (χ2n) is 10.4. The third-order valence-electron chi connectivity index (χ3n) is 7.01. The van der Waals surface area contributed by atoms with Crippen molar-refractivity contribution in [2.24, 2.45) is 0 Å². The van der Waals surface area contributed by atoms with Crippen molar-refractivity contribution in [1.82, 2.24) is 9.03 Å². The zero-order valence-corrected chi connectivity index (χ0v) is 24.8. The highest BCUT2D eigenvalue weighted by Crippen LogP contribution is 2.43. The molecule has 0 spiro atoms. The largest absolute Gasteiger partial charge is 0.530 e. The van der Waals surface area contributed by atoms with E-state index in [4.69, 9.17) is 9.47 Å². The molecule has 12 nitrogen and oxygen atoms in total. The van der Waals surface area contributed by atoms with Gasteiger partial charge in [-0.15, -0.1) is 0 Å². The van der Waals surface area contributed by atoms with E-state index in [9.17, 15) is 44.3 Å². The van der Waals surface area contributed by atoms with Crippen LogP contribution in [0, 0.1) is 5.82 Å². The number of fused-ring (bicyclic) bond motifs is 1. The van der Waals surface area contributed by atoms with Gasteiger partial charge in [0.05, 0.1) is 36.4 Å². The molecule has 0 radical (unpaired) electrons. The third kappa shape index (κ3) is 6.67. The summed E-state index contributed by atoms with van der Waals surface area (Å²) in [6.07, 6.45) is -8.72. The van der Waals surface area contributed by atoms with Crippen LogP contribution in [0.3, 0.4) is 0 Å². The van der Waals surface area contributed by atoms with E-state index in [-0.39, 0.29) is 47.0 Å². The van der Waals surface area contributed by atoms with Crippen LogP contribution >= 0.6 is 0 Å². The maximum atomic E-state index is 13.8. The van der Waals surface area contributed by atoms with Crippen molar-refractivity contribution < 1.29 is 53.8 Å². The molecule has 0 bridgehead atoms. The molecule has 2 atom stereocenters. The molecule has 1 unspecified atom stereocenters. The van der Waals surface area contributed by atoms with Crippen LogP contribution in [0.5, 0.6) is 5.75 Å². The quantitative estimate of drug-likeness (QED) is 0.425. The Morgan fingerprint density at radius 2 is 1.74 bits per heavy atom. The Bertz CT molecular complexity index is 1570. The Morgan fingerprint density at radius 1 is 1.09 bits per heavy atom. The van der Waals surface area contributed by atoms with Crippen molar-refractivity contribution in [3.8, 4) is 5.75 Å². The lowest BCUT2D eigenvalue weighted by atomic mass is 10.0.